The number of hydrogen-bond acceptors (Lipinski definition) is 3. The Kier molecular flexibility index (Phi) is 5.96. The summed E-state index contributed by atoms with van der Waals surface area (Å²) in [6.45, 7) is 8.27. The van der Waals surface area contributed by atoms with Crippen molar-refractivity contribution < 1.29 is 4.79 Å². The summed E-state index contributed by atoms with van der Waals surface area (Å²) in [7, 11) is 0. The number of nitrogens with one attached hydrogen (secondary N) is 1. The molecule has 4 nitrogen and oxygen atoms in total. The van der Waals surface area contributed by atoms with Crippen LogP contribution in [0.4, 0.5) is 5.69 Å². The van der Waals surface area contributed by atoms with Crippen molar-refractivity contribution in [1.82, 2.24) is 10.2 Å². The fourth-order valence-corrected chi connectivity index (χ4v) is 4.37. The van der Waals surface area contributed by atoms with Gasteiger partial charge in [0.1, 0.15) is 0 Å². The maximum Gasteiger partial charge on any atom is 0.251 e. The molecule has 0 unspecified atom stereocenters. The van der Waals surface area contributed by atoms with Crippen LogP contribution >= 0.6 is 0 Å². The molecule has 1 saturated heterocycles. The van der Waals surface area contributed by atoms with Crippen LogP contribution in [0.1, 0.15) is 39.9 Å². The molecule has 28 heavy (non-hydrogen) atoms. The van der Waals surface area contributed by atoms with Gasteiger partial charge in [-0.2, -0.15) is 0 Å². The van der Waals surface area contributed by atoms with Gasteiger partial charge in [0.25, 0.3) is 5.91 Å². The van der Waals surface area contributed by atoms with Gasteiger partial charge in [-0.05, 0) is 80.1 Å². The number of carbonyl (C=O) groups is 1. The Bertz CT molecular complexity index is 824. The van der Waals surface area contributed by atoms with Crippen molar-refractivity contribution in [2.45, 2.75) is 32.6 Å². The number of benzene rings is 2. The highest BCUT2D eigenvalue weighted by Gasteiger charge is 2.17. The number of amides is 1. The van der Waals surface area contributed by atoms with E-state index in [0.717, 1.165) is 64.1 Å². The molecule has 0 radical (unpaired) electrons. The Labute approximate surface area is 168 Å². The lowest BCUT2D eigenvalue weighted by Crippen LogP contribution is -2.47. The Morgan fingerprint density at radius 2 is 1.82 bits per heavy atom. The molecule has 4 heteroatoms. The van der Waals surface area contributed by atoms with Gasteiger partial charge in [-0.15, -0.1) is 0 Å². The quantitative estimate of drug-likeness (QED) is 0.784. The van der Waals surface area contributed by atoms with Crippen LogP contribution in [0.3, 0.4) is 0 Å². The molecule has 0 saturated carbocycles. The molecule has 0 atom stereocenters. The standard InChI is InChI=1S/C24H31N3O/c1-19-5-2-8-23(17-19)27-15-13-26(14-16-27)12-4-11-25-24(28)22-10-9-20-6-3-7-21(20)18-22/h2,5,8-10,17-18H,3-4,6-7,11-16H2,1H3,(H,25,28). The molecule has 1 amide bonds. The summed E-state index contributed by atoms with van der Waals surface area (Å²) in [5.74, 6) is 0.0685. The third kappa shape index (κ3) is 4.56. The minimum absolute atomic E-state index is 0.0685. The first-order valence-electron chi connectivity index (χ1n) is 10.6. The normalized spacial score (nSPS) is 16.8. The van der Waals surface area contributed by atoms with Crippen LogP contribution in [-0.4, -0.2) is 50.1 Å². The summed E-state index contributed by atoms with van der Waals surface area (Å²) in [6, 6.07) is 15.0. The van der Waals surface area contributed by atoms with Crippen molar-refractivity contribution in [3.8, 4) is 0 Å². The SMILES string of the molecule is Cc1cccc(N2CCN(CCCNC(=O)c3ccc4c(c3)CCC4)CC2)c1. The Morgan fingerprint density at radius 3 is 2.64 bits per heavy atom. The van der Waals surface area contributed by atoms with Gasteiger partial charge in [-0.1, -0.05) is 18.2 Å². The molecule has 0 bridgehead atoms. The topological polar surface area (TPSA) is 35.6 Å². The number of piperazine rings is 1. The van der Waals surface area contributed by atoms with Crippen molar-refractivity contribution in [2.24, 2.45) is 0 Å². The molecule has 2 aliphatic rings. The Hall–Kier alpha value is -2.33. The van der Waals surface area contributed by atoms with Crippen LogP contribution in [0.5, 0.6) is 0 Å². The number of carbonyl (C=O) groups excluding carboxylic acids is 1. The van der Waals surface area contributed by atoms with E-state index in [1.165, 1.54) is 28.8 Å². The van der Waals surface area contributed by atoms with Gasteiger partial charge in [0.2, 0.25) is 0 Å². The van der Waals surface area contributed by atoms with Crippen molar-refractivity contribution in [2.75, 3.05) is 44.2 Å². The van der Waals surface area contributed by atoms with E-state index in [1.807, 2.05) is 6.07 Å². The number of aryl methyl sites for hydroxylation is 3. The van der Waals surface area contributed by atoms with Gasteiger partial charge >= 0.3 is 0 Å². The van der Waals surface area contributed by atoms with E-state index >= 15 is 0 Å². The van der Waals surface area contributed by atoms with E-state index in [-0.39, 0.29) is 5.91 Å². The summed E-state index contributed by atoms with van der Waals surface area (Å²) in [6.07, 6.45) is 4.50. The maximum atomic E-state index is 12.4. The zero-order valence-electron chi connectivity index (χ0n) is 16.9. The molecule has 1 aliphatic heterocycles. The van der Waals surface area contributed by atoms with E-state index in [1.54, 1.807) is 0 Å². The second-order valence-corrected chi connectivity index (χ2v) is 8.11. The van der Waals surface area contributed by atoms with Gasteiger partial charge < -0.3 is 10.2 Å². The van der Waals surface area contributed by atoms with Crippen molar-refractivity contribution >= 4 is 11.6 Å². The molecule has 1 N–H and O–H groups in total. The third-order valence-electron chi connectivity index (χ3n) is 6.04. The largest absolute Gasteiger partial charge is 0.369 e. The molecule has 1 aliphatic carbocycles. The van der Waals surface area contributed by atoms with Crippen LogP contribution in [0.15, 0.2) is 42.5 Å². The van der Waals surface area contributed by atoms with E-state index in [0.29, 0.717) is 0 Å². The smallest absolute Gasteiger partial charge is 0.251 e. The van der Waals surface area contributed by atoms with Crippen LogP contribution in [0.2, 0.25) is 0 Å². The summed E-state index contributed by atoms with van der Waals surface area (Å²) in [5.41, 5.74) is 6.24. The molecule has 2 aromatic carbocycles. The molecule has 0 aromatic heterocycles. The van der Waals surface area contributed by atoms with Crippen LogP contribution in [0.25, 0.3) is 0 Å². The molecule has 4 rings (SSSR count). The summed E-state index contributed by atoms with van der Waals surface area (Å²) in [4.78, 5) is 17.4. The average molecular weight is 378 g/mol. The number of hydrogen-bond donors (Lipinski definition) is 1. The predicted molar refractivity (Wildman–Crippen MR) is 115 cm³/mol. The fraction of sp³-hybridized carbons (Fsp3) is 0.458. The van der Waals surface area contributed by atoms with Crippen molar-refractivity contribution in [3.05, 3.63) is 64.7 Å². The number of fused-ring (bicyclic) bond motifs is 1. The molecule has 1 heterocycles. The molecule has 0 spiro atoms. The first-order valence-corrected chi connectivity index (χ1v) is 10.6. The maximum absolute atomic E-state index is 12.4. The number of nitrogens with zero attached hydrogens (tertiary/aromatic N) is 2. The molecule has 2 aromatic rings. The summed E-state index contributed by atoms with van der Waals surface area (Å²) in [5, 5.41) is 3.09. The number of anilines is 1. The average Bonchev–Trinajstić information content (AvgIpc) is 3.19. The minimum atomic E-state index is 0.0685. The molecular weight excluding hydrogens is 346 g/mol. The van der Waals surface area contributed by atoms with Crippen LogP contribution in [-0.2, 0) is 12.8 Å². The van der Waals surface area contributed by atoms with E-state index < -0.39 is 0 Å². The summed E-state index contributed by atoms with van der Waals surface area (Å²) < 4.78 is 0. The lowest BCUT2D eigenvalue weighted by atomic mass is 10.1. The third-order valence-corrected chi connectivity index (χ3v) is 6.04. The van der Waals surface area contributed by atoms with E-state index in [2.05, 4.69) is 58.4 Å². The predicted octanol–water partition coefficient (Wildman–Crippen LogP) is 3.43. The van der Waals surface area contributed by atoms with Crippen LogP contribution in [0, 0.1) is 6.92 Å². The fourth-order valence-electron chi connectivity index (χ4n) is 4.37. The zero-order chi connectivity index (χ0) is 19.3. The van der Waals surface area contributed by atoms with E-state index in [4.69, 9.17) is 0 Å². The number of rotatable bonds is 6. The van der Waals surface area contributed by atoms with E-state index in [9.17, 15) is 4.79 Å². The van der Waals surface area contributed by atoms with Gasteiger partial charge in [0.05, 0.1) is 0 Å². The zero-order valence-corrected chi connectivity index (χ0v) is 16.9. The van der Waals surface area contributed by atoms with Gasteiger partial charge in [-0.25, -0.2) is 0 Å². The lowest BCUT2D eigenvalue weighted by Gasteiger charge is -2.36. The minimum Gasteiger partial charge on any atom is -0.369 e. The monoisotopic (exact) mass is 377 g/mol. The molecular formula is C24H31N3O. The summed E-state index contributed by atoms with van der Waals surface area (Å²) >= 11 is 0. The Balaban J connectivity index is 1.17. The molecule has 148 valence electrons. The first kappa shape index (κ1) is 19.0. The van der Waals surface area contributed by atoms with Crippen molar-refractivity contribution in [1.29, 1.82) is 0 Å². The first-order chi connectivity index (χ1) is 13.7. The van der Waals surface area contributed by atoms with Gasteiger partial charge in [0.15, 0.2) is 0 Å². The van der Waals surface area contributed by atoms with Gasteiger partial charge in [0, 0.05) is 44.0 Å². The molecule has 1 fully saturated rings. The van der Waals surface area contributed by atoms with Crippen LogP contribution < -0.4 is 10.2 Å². The lowest BCUT2D eigenvalue weighted by molar-refractivity contribution is 0.0951. The van der Waals surface area contributed by atoms with Gasteiger partial charge in [-0.3, -0.25) is 9.69 Å². The highest BCUT2D eigenvalue weighted by atomic mass is 16.1. The Morgan fingerprint density at radius 1 is 1.00 bits per heavy atom. The second-order valence-electron chi connectivity index (χ2n) is 8.11. The highest BCUT2D eigenvalue weighted by molar-refractivity contribution is 5.94. The highest BCUT2D eigenvalue weighted by Crippen LogP contribution is 2.22. The van der Waals surface area contributed by atoms with Crippen molar-refractivity contribution in [3.63, 3.8) is 0 Å². The second kappa shape index (κ2) is 8.78.